The third kappa shape index (κ3) is 8.50. The van der Waals surface area contributed by atoms with Crippen LogP contribution in [0.15, 0.2) is 22.5 Å². The van der Waals surface area contributed by atoms with Gasteiger partial charge >= 0.3 is 0 Å². The second kappa shape index (κ2) is 9.45. The molecule has 0 rings (SSSR count). The molecule has 0 amide bonds. The minimum absolute atomic E-state index is 0.0837. The zero-order valence-corrected chi connectivity index (χ0v) is 10.2. The van der Waals surface area contributed by atoms with Gasteiger partial charge in [-0.2, -0.15) is 0 Å². The smallest absolute Gasteiger partial charge is 0.195 e. The van der Waals surface area contributed by atoms with E-state index in [1.54, 1.807) is 12.2 Å². The van der Waals surface area contributed by atoms with Crippen LogP contribution in [0.2, 0.25) is 0 Å². The van der Waals surface area contributed by atoms with Gasteiger partial charge in [0.05, 0.1) is 10.4 Å². The number of thioether (sulfide) groups is 1. The summed E-state index contributed by atoms with van der Waals surface area (Å²) in [4.78, 5) is 11.2. The first kappa shape index (κ1) is 13.9. The van der Waals surface area contributed by atoms with Crippen LogP contribution < -0.4 is 5.32 Å². The molecule has 0 unspecified atom stereocenters. The fraction of sp³-hybridized carbons (Fsp3) is 0.444. The molecule has 2 N–H and O–H groups in total. The van der Waals surface area contributed by atoms with E-state index in [9.17, 15) is 4.79 Å². The van der Waals surface area contributed by atoms with Gasteiger partial charge in [0.15, 0.2) is 5.12 Å². The molecule has 14 heavy (non-hydrogen) atoms. The first-order chi connectivity index (χ1) is 6.70. The van der Waals surface area contributed by atoms with Crippen molar-refractivity contribution in [2.75, 3.05) is 19.7 Å². The fourth-order valence-corrected chi connectivity index (χ4v) is 2.00. The standard InChI is InChI=1S/C9H14BrNO2S/c1-2-3-8(10)14-9(13)4-5-11-6-7-12/h2-3,11-12H,1,4-7H2/b8-3-. The molecule has 0 aliphatic carbocycles. The summed E-state index contributed by atoms with van der Waals surface area (Å²) in [6.45, 7) is 4.75. The number of hydrogen-bond donors (Lipinski definition) is 2. The summed E-state index contributed by atoms with van der Waals surface area (Å²) in [7, 11) is 0. The summed E-state index contributed by atoms with van der Waals surface area (Å²) in [6.07, 6.45) is 3.79. The Bertz CT molecular complexity index is 219. The first-order valence-electron chi connectivity index (χ1n) is 4.21. The highest BCUT2D eigenvalue weighted by molar-refractivity contribution is 9.14. The van der Waals surface area contributed by atoms with Crippen molar-refractivity contribution in [3.05, 3.63) is 22.5 Å². The van der Waals surface area contributed by atoms with Gasteiger partial charge in [-0.1, -0.05) is 12.7 Å². The Morgan fingerprint density at radius 2 is 2.29 bits per heavy atom. The molecule has 5 heteroatoms. The third-order valence-electron chi connectivity index (χ3n) is 1.25. The Kier molecular flexibility index (Phi) is 9.39. The van der Waals surface area contributed by atoms with E-state index in [0.717, 1.165) is 15.6 Å². The van der Waals surface area contributed by atoms with Gasteiger partial charge in [-0.15, -0.1) is 0 Å². The van der Waals surface area contributed by atoms with Crippen molar-refractivity contribution in [1.82, 2.24) is 5.32 Å². The molecule has 0 aliphatic heterocycles. The third-order valence-corrected chi connectivity index (χ3v) is 2.77. The van der Waals surface area contributed by atoms with Crippen molar-refractivity contribution in [3.63, 3.8) is 0 Å². The summed E-state index contributed by atoms with van der Waals surface area (Å²) < 4.78 is 0.764. The van der Waals surface area contributed by atoms with E-state index in [2.05, 4.69) is 27.8 Å². The molecule has 0 aromatic rings. The highest BCUT2D eigenvalue weighted by Crippen LogP contribution is 2.23. The van der Waals surface area contributed by atoms with Gasteiger partial charge in [0.25, 0.3) is 0 Å². The van der Waals surface area contributed by atoms with Crippen LogP contribution in [0.5, 0.6) is 0 Å². The lowest BCUT2D eigenvalue weighted by Gasteiger charge is -2.01. The van der Waals surface area contributed by atoms with E-state index >= 15 is 0 Å². The molecule has 0 atom stereocenters. The van der Waals surface area contributed by atoms with Gasteiger partial charge in [-0.05, 0) is 33.8 Å². The molecule has 0 saturated heterocycles. The highest BCUT2D eigenvalue weighted by Gasteiger charge is 2.03. The highest BCUT2D eigenvalue weighted by atomic mass is 79.9. The summed E-state index contributed by atoms with van der Waals surface area (Å²) in [5.41, 5.74) is 0. The van der Waals surface area contributed by atoms with Crippen LogP contribution in [0.1, 0.15) is 6.42 Å². The van der Waals surface area contributed by atoms with E-state index in [-0.39, 0.29) is 11.7 Å². The Morgan fingerprint density at radius 3 is 2.86 bits per heavy atom. The van der Waals surface area contributed by atoms with E-state index in [0.29, 0.717) is 19.5 Å². The zero-order chi connectivity index (χ0) is 10.8. The number of halogens is 1. The maximum Gasteiger partial charge on any atom is 0.195 e. The van der Waals surface area contributed by atoms with E-state index in [1.165, 1.54) is 0 Å². The predicted octanol–water partition coefficient (Wildman–Crippen LogP) is 1.64. The number of aliphatic hydroxyl groups excluding tert-OH is 1. The summed E-state index contributed by atoms with van der Waals surface area (Å²) >= 11 is 4.38. The van der Waals surface area contributed by atoms with Crippen molar-refractivity contribution in [2.45, 2.75) is 6.42 Å². The van der Waals surface area contributed by atoms with E-state index in [1.807, 2.05) is 0 Å². The molecule has 0 aromatic carbocycles. The Hall–Kier alpha value is -0.100. The van der Waals surface area contributed by atoms with Crippen molar-refractivity contribution >= 4 is 32.8 Å². The molecular weight excluding hydrogens is 266 g/mol. The van der Waals surface area contributed by atoms with E-state index in [4.69, 9.17) is 5.11 Å². The molecule has 0 spiro atoms. The van der Waals surface area contributed by atoms with Gasteiger partial charge < -0.3 is 10.4 Å². The summed E-state index contributed by atoms with van der Waals surface area (Å²) in [5, 5.41) is 11.5. The van der Waals surface area contributed by atoms with Gasteiger partial charge in [-0.3, -0.25) is 4.79 Å². The van der Waals surface area contributed by atoms with Crippen LogP contribution in [0.3, 0.4) is 0 Å². The van der Waals surface area contributed by atoms with Crippen LogP contribution in [0, 0.1) is 0 Å². The SMILES string of the molecule is C=C/C=C(/Br)SC(=O)CCNCCO. The first-order valence-corrected chi connectivity index (χ1v) is 5.82. The number of aliphatic hydroxyl groups is 1. The number of carbonyl (C=O) groups is 1. The molecule has 0 aliphatic rings. The molecule has 3 nitrogen and oxygen atoms in total. The Balaban J connectivity index is 3.55. The number of nitrogens with one attached hydrogen (secondary N) is 1. The van der Waals surface area contributed by atoms with Crippen LogP contribution in [-0.4, -0.2) is 29.9 Å². The number of allylic oxidation sites excluding steroid dienone is 2. The lowest BCUT2D eigenvalue weighted by Crippen LogP contribution is -2.20. The van der Waals surface area contributed by atoms with Gasteiger partial charge in [0, 0.05) is 19.5 Å². The fourth-order valence-electron chi connectivity index (χ4n) is 0.681. The lowest BCUT2D eigenvalue weighted by molar-refractivity contribution is -0.110. The molecule has 0 fully saturated rings. The van der Waals surface area contributed by atoms with Gasteiger partial charge in [0.1, 0.15) is 0 Å². The van der Waals surface area contributed by atoms with Crippen molar-refractivity contribution < 1.29 is 9.90 Å². The molecule has 80 valence electrons. The summed E-state index contributed by atoms with van der Waals surface area (Å²) in [5.74, 6) is 0. The largest absolute Gasteiger partial charge is 0.395 e. The molecule has 0 radical (unpaired) electrons. The maximum absolute atomic E-state index is 11.2. The van der Waals surface area contributed by atoms with Crippen molar-refractivity contribution in [1.29, 1.82) is 0 Å². The van der Waals surface area contributed by atoms with Crippen LogP contribution in [0.4, 0.5) is 0 Å². The number of carbonyl (C=O) groups excluding carboxylic acids is 1. The molecule has 0 aromatic heterocycles. The second-order valence-corrected chi connectivity index (χ2v) is 4.88. The number of rotatable bonds is 7. The average molecular weight is 280 g/mol. The normalized spacial score (nSPS) is 11.4. The van der Waals surface area contributed by atoms with Crippen molar-refractivity contribution in [2.24, 2.45) is 0 Å². The Morgan fingerprint density at radius 1 is 1.57 bits per heavy atom. The Labute approximate surface area is 96.8 Å². The van der Waals surface area contributed by atoms with Crippen LogP contribution in [0.25, 0.3) is 0 Å². The molecule has 0 bridgehead atoms. The molecule has 0 heterocycles. The topological polar surface area (TPSA) is 49.3 Å². The van der Waals surface area contributed by atoms with Crippen LogP contribution in [-0.2, 0) is 4.79 Å². The second-order valence-electron chi connectivity index (χ2n) is 2.40. The van der Waals surface area contributed by atoms with Crippen LogP contribution >= 0.6 is 27.7 Å². The lowest BCUT2D eigenvalue weighted by atomic mass is 10.4. The monoisotopic (exact) mass is 279 g/mol. The quantitative estimate of drug-likeness (QED) is 0.550. The minimum Gasteiger partial charge on any atom is -0.395 e. The van der Waals surface area contributed by atoms with E-state index < -0.39 is 0 Å². The minimum atomic E-state index is 0.0837. The van der Waals surface area contributed by atoms with Gasteiger partial charge in [0.2, 0.25) is 0 Å². The predicted molar refractivity (Wildman–Crippen MR) is 64.4 cm³/mol. The van der Waals surface area contributed by atoms with Gasteiger partial charge in [-0.25, -0.2) is 0 Å². The zero-order valence-electron chi connectivity index (χ0n) is 7.83. The molecular formula is C9H14BrNO2S. The number of hydrogen-bond acceptors (Lipinski definition) is 4. The summed E-state index contributed by atoms with van der Waals surface area (Å²) in [6, 6.07) is 0. The molecule has 0 saturated carbocycles. The van der Waals surface area contributed by atoms with Crippen molar-refractivity contribution in [3.8, 4) is 0 Å². The maximum atomic E-state index is 11.2. The average Bonchev–Trinajstić information content (AvgIpc) is 2.13.